The Morgan fingerprint density at radius 1 is 0.935 bits per heavy atom. The number of nitrogens with one attached hydrogen (secondary N) is 1. The molecule has 6 heteroatoms. The van der Waals surface area contributed by atoms with Crippen LogP contribution < -0.4 is 5.32 Å². The van der Waals surface area contributed by atoms with E-state index in [-0.39, 0.29) is 11.9 Å². The fourth-order valence-corrected chi connectivity index (χ4v) is 4.29. The summed E-state index contributed by atoms with van der Waals surface area (Å²) in [5, 5.41) is 3.08. The van der Waals surface area contributed by atoms with Crippen LogP contribution in [0.15, 0.2) is 71.3 Å². The van der Waals surface area contributed by atoms with Gasteiger partial charge in [-0.25, -0.2) is 4.98 Å². The molecule has 2 fully saturated rings. The number of piperazine rings is 1. The predicted molar refractivity (Wildman–Crippen MR) is 119 cm³/mol. The Morgan fingerprint density at radius 3 is 2.29 bits per heavy atom. The SMILES string of the molecule is O=C(N[C@@H]1C[C@H]1c1ccccc1)c1coc(CN2CCN(Cc3ccccc3)CC2)n1. The summed E-state index contributed by atoms with van der Waals surface area (Å²) in [4.78, 5) is 21.8. The van der Waals surface area contributed by atoms with Crippen LogP contribution >= 0.6 is 0 Å². The van der Waals surface area contributed by atoms with Gasteiger partial charge in [-0.2, -0.15) is 0 Å². The minimum Gasteiger partial charge on any atom is -0.447 e. The van der Waals surface area contributed by atoms with Crippen LogP contribution in [0.25, 0.3) is 0 Å². The first-order valence-corrected chi connectivity index (χ1v) is 11.0. The summed E-state index contributed by atoms with van der Waals surface area (Å²) < 4.78 is 5.60. The third-order valence-electron chi connectivity index (χ3n) is 6.19. The molecule has 2 atom stereocenters. The van der Waals surface area contributed by atoms with Crippen molar-refractivity contribution in [2.75, 3.05) is 26.2 Å². The number of nitrogens with zero attached hydrogens (tertiary/aromatic N) is 3. The number of hydrogen-bond donors (Lipinski definition) is 1. The standard InChI is InChI=1S/C25H28N4O2/c30-25(27-22-15-21(22)20-9-5-2-6-10-20)23-18-31-24(26-23)17-29-13-11-28(12-14-29)16-19-7-3-1-4-8-19/h1-10,18,21-22H,11-17H2,(H,27,30)/t21-,22+/m0/s1. The molecule has 2 aliphatic rings. The van der Waals surface area contributed by atoms with E-state index in [1.165, 1.54) is 17.4 Å². The molecule has 2 heterocycles. The van der Waals surface area contributed by atoms with Gasteiger partial charge in [-0.1, -0.05) is 60.7 Å². The molecule has 0 spiro atoms. The zero-order valence-corrected chi connectivity index (χ0v) is 17.6. The maximum atomic E-state index is 12.5. The van der Waals surface area contributed by atoms with Gasteiger partial charge >= 0.3 is 0 Å². The highest BCUT2D eigenvalue weighted by Gasteiger charge is 2.39. The van der Waals surface area contributed by atoms with Crippen molar-refractivity contribution in [1.82, 2.24) is 20.1 Å². The fraction of sp³-hybridized carbons (Fsp3) is 0.360. The zero-order chi connectivity index (χ0) is 21.0. The van der Waals surface area contributed by atoms with E-state index in [0.29, 0.717) is 24.0 Å². The van der Waals surface area contributed by atoms with E-state index in [1.807, 2.05) is 18.2 Å². The zero-order valence-electron chi connectivity index (χ0n) is 17.6. The van der Waals surface area contributed by atoms with Gasteiger partial charge in [0, 0.05) is 44.7 Å². The minimum atomic E-state index is -0.147. The molecule has 6 nitrogen and oxygen atoms in total. The highest BCUT2D eigenvalue weighted by Crippen LogP contribution is 2.40. The number of carbonyl (C=O) groups excluding carboxylic acids is 1. The molecule has 31 heavy (non-hydrogen) atoms. The molecule has 1 N–H and O–H groups in total. The molecule has 5 rings (SSSR count). The summed E-state index contributed by atoms with van der Waals surface area (Å²) in [6.45, 7) is 5.61. The van der Waals surface area contributed by atoms with E-state index in [1.54, 1.807) is 0 Å². The van der Waals surface area contributed by atoms with Crippen molar-refractivity contribution in [3.8, 4) is 0 Å². The highest BCUT2D eigenvalue weighted by atomic mass is 16.3. The average Bonchev–Trinajstić information content (AvgIpc) is 3.42. The number of aromatic nitrogens is 1. The predicted octanol–water partition coefficient (Wildman–Crippen LogP) is 3.28. The van der Waals surface area contributed by atoms with Gasteiger partial charge in [-0.15, -0.1) is 0 Å². The molecule has 0 radical (unpaired) electrons. The molecule has 1 saturated heterocycles. The second-order valence-electron chi connectivity index (χ2n) is 8.50. The van der Waals surface area contributed by atoms with Crippen molar-refractivity contribution in [3.63, 3.8) is 0 Å². The maximum Gasteiger partial charge on any atom is 0.273 e. The summed E-state index contributed by atoms with van der Waals surface area (Å²) >= 11 is 0. The molecule has 0 unspecified atom stereocenters. The van der Waals surface area contributed by atoms with Crippen LogP contribution in [-0.2, 0) is 13.1 Å². The Balaban J connectivity index is 1.08. The van der Waals surface area contributed by atoms with Crippen LogP contribution in [0, 0.1) is 0 Å². The fourth-order valence-electron chi connectivity index (χ4n) is 4.29. The van der Waals surface area contributed by atoms with Crippen LogP contribution in [0.3, 0.4) is 0 Å². The molecular weight excluding hydrogens is 388 g/mol. The summed E-state index contributed by atoms with van der Waals surface area (Å²) in [5.41, 5.74) is 3.00. The van der Waals surface area contributed by atoms with Gasteiger partial charge in [-0.05, 0) is 17.5 Å². The minimum absolute atomic E-state index is 0.147. The molecule has 1 aromatic heterocycles. The van der Waals surface area contributed by atoms with Crippen molar-refractivity contribution in [1.29, 1.82) is 0 Å². The first-order chi connectivity index (χ1) is 15.2. The number of amides is 1. The molecular formula is C25H28N4O2. The lowest BCUT2D eigenvalue weighted by Gasteiger charge is -2.34. The number of benzene rings is 2. The monoisotopic (exact) mass is 416 g/mol. The van der Waals surface area contributed by atoms with Crippen LogP contribution in [0.4, 0.5) is 0 Å². The summed E-state index contributed by atoms with van der Waals surface area (Å²) in [7, 11) is 0. The Bertz CT molecular complexity index is 997. The smallest absolute Gasteiger partial charge is 0.273 e. The van der Waals surface area contributed by atoms with E-state index in [4.69, 9.17) is 4.42 Å². The summed E-state index contributed by atoms with van der Waals surface area (Å²) in [5.74, 6) is 0.867. The van der Waals surface area contributed by atoms with Crippen molar-refractivity contribution >= 4 is 5.91 Å². The van der Waals surface area contributed by atoms with Crippen molar-refractivity contribution in [3.05, 3.63) is 89.6 Å². The molecule has 3 aromatic rings. The molecule has 1 aliphatic heterocycles. The quantitative estimate of drug-likeness (QED) is 0.641. The van der Waals surface area contributed by atoms with Crippen LogP contribution in [-0.4, -0.2) is 52.9 Å². The average molecular weight is 417 g/mol. The normalized spacial score (nSPS) is 21.7. The van der Waals surface area contributed by atoms with Gasteiger partial charge in [0.1, 0.15) is 6.26 Å². The number of carbonyl (C=O) groups is 1. The van der Waals surface area contributed by atoms with Gasteiger partial charge in [-0.3, -0.25) is 14.6 Å². The lowest BCUT2D eigenvalue weighted by atomic mass is 10.1. The molecule has 160 valence electrons. The van der Waals surface area contributed by atoms with Crippen LogP contribution in [0.5, 0.6) is 0 Å². The van der Waals surface area contributed by atoms with Gasteiger partial charge in [0.2, 0.25) is 5.89 Å². The highest BCUT2D eigenvalue weighted by molar-refractivity contribution is 5.92. The Morgan fingerprint density at radius 2 is 1.58 bits per heavy atom. The van der Waals surface area contributed by atoms with Gasteiger partial charge in [0.05, 0.1) is 6.54 Å². The van der Waals surface area contributed by atoms with E-state index < -0.39 is 0 Å². The van der Waals surface area contributed by atoms with E-state index in [9.17, 15) is 4.79 Å². The topological polar surface area (TPSA) is 61.6 Å². The Labute approximate surface area is 182 Å². The van der Waals surface area contributed by atoms with Crippen LogP contribution in [0.1, 0.15) is 39.8 Å². The van der Waals surface area contributed by atoms with Gasteiger partial charge in [0.15, 0.2) is 5.69 Å². The second kappa shape index (κ2) is 9.04. The first-order valence-electron chi connectivity index (χ1n) is 11.0. The second-order valence-corrected chi connectivity index (χ2v) is 8.50. The number of rotatable bonds is 7. The molecule has 0 bridgehead atoms. The molecule has 1 amide bonds. The molecule has 1 saturated carbocycles. The Kier molecular flexibility index (Phi) is 5.82. The number of oxazole rings is 1. The van der Waals surface area contributed by atoms with Crippen molar-refractivity contribution in [2.24, 2.45) is 0 Å². The van der Waals surface area contributed by atoms with E-state index in [0.717, 1.165) is 39.1 Å². The number of hydrogen-bond acceptors (Lipinski definition) is 5. The molecule has 1 aliphatic carbocycles. The van der Waals surface area contributed by atoms with Crippen molar-refractivity contribution < 1.29 is 9.21 Å². The first kappa shape index (κ1) is 20.0. The third kappa shape index (κ3) is 5.03. The lowest BCUT2D eigenvalue weighted by molar-refractivity contribution is 0.0945. The Hall–Kier alpha value is -2.96. The largest absolute Gasteiger partial charge is 0.447 e. The van der Waals surface area contributed by atoms with E-state index >= 15 is 0 Å². The summed E-state index contributed by atoms with van der Waals surface area (Å²) in [6.07, 6.45) is 2.46. The van der Waals surface area contributed by atoms with Crippen molar-refractivity contribution in [2.45, 2.75) is 31.5 Å². The summed E-state index contributed by atoms with van der Waals surface area (Å²) in [6, 6.07) is 21.1. The maximum absolute atomic E-state index is 12.5. The molecule has 2 aromatic carbocycles. The van der Waals surface area contributed by atoms with Crippen LogP contribution in [0.2, 0.25) is 0 Å². The van der Waals surface area contributed by atoms with Gasteiger partial charge in [0.25, 0.3) is 5.91 Å². The van der Waals surface area contributed by atoms with E-state index in [2.05, 4.69) is 62.6 Å². The lowest BCUT2D eigenvalue weighted by Crippen LogP contribution is -2.45. The van der Waals surface area contributed by atoms with Gasteiger partial charge < -0.3 is 9.73 Å². The third-order valence-corrected chi connectivity index (χ3v) is 6.19.